The van der Waals surface area contributed by atoms with Crippen LogP contribution in [0.4, 0.5) is 0 Å². The normalized spacial score (nSPS) is 14.0. The third-order valence-electron chi connectivity index (χ3n) is 4.24. The molecule has 2 heterocycles. The van der Waals surface area contributed by atoms with Gasteiger partial charge in [-0.2, -0.15) is 10.5 Å². The minimum atomic E-state index is -0.131. The number of thiophene rings is 1. The molecule has 2 aromatic heterocycles. The van der Waals surface area contributed by atoms with Crippen LogP contribution in [0.3, 0.4) is 0 Å². The van der Waals surface area contributed by atoms with E-state index in [1.807, 2.05) is 54.6 Å². The van der Waals surface area contributed by atoms with E-state index in [1.54, 1.807) is 15.9 Å². The van der Waals surface area contributed by atoms with Gasteiger partial charge in [0.1, 0.15) is 16.8 Å². The van der Waals surface area contributed by atoms with Crippen molar-refractivity contribution in [1.82, 2.24) is 4.57 Å². The van der Waals surface area contributed by atoms with Gasteiger partial charge in [0.15, 0.2) is 5.57 Å². The summed E-state index contributed by atoms with van der Waals surface area (Å²) in [6.45, 7) is 0. The molecule has 0 saturated heterocycles. The summed E-state index contributed by atoms with van der Waals surface area (Å²) in [5.41, 5.74) is 0.815. The summed E-state index contributed by atoms with van der Waals surface area (Å²) in [5.74, 6) is 0. The van der Waals surface area contributed by atoms with Crippen molar-refractivity contribution < 1.29 is 0 Å². The van der Waals surface area contributed by atoms with E-state index >= 15 is 0 Å². The first kappa shape index (κ1) is 17.8. The van der Waals surface area contributed by atoms with Gasteiger partial charge in [0, 0.05) is 26.4 Å². The molecule has 4 nitrogen and oxygen atoms in total. The highest BCUT2D eigenvalue weighted by Crippen LogP contribution is 2.34. The Morgan fingerprint density at radius 2 is 1.89 bits per heavy atom. The van der Waals surface area contributed by atoms with Crippen molar-refractivity contribution in [2.24, 2.45) is 0 Å². The maximum Gasteiger partial charge on any atom is 0.269 e. The summed E-state index contributed by atoms with van der Waals surface area (Å²) >= 11 is 9.02. The van der Waals surface area contributed by atoms with Crippen LogP contribution in [0.25, 0.3) is 22.1 Å². The highest BCUT2D eigenvalue weighted by molar-refractivity contribution is 7.16. The zero-order chi connectivity index (χ0) is 19.0. The topological polar surface area (TPSA) is 69.6 Å². The predicted molar refractivity (Wildman–Crippen MR) is 109 cm³/mol. The largest absolute Gasteiger partial charge is 0.294 e. The lowest BCUT2D eigenvalue weighted by molar-refractivity contribution is 0.702. The van der Waals surface area contributed by atoms with Gasteiger partial charge in [0.05, 0.1) is 4.53 Å². The van der Waals surface area contributed by atoms with E-state index < -0.39 is 0 Å². The Morgan fingerprint density at radius 3 is 2.56 bits per heavy atom. The van der Waals surface area contributed by atoms with Crippen LogP contribution in [0.5, 0.6) is 0 Å². The number of nitriles is 2. The summed E-state index contributed by atoms with van der Waals surface area (Å²) in [4.78, 5) is 14.8. The highest BCUT2D eigenvalue weighted by atomic mass is 35.5. The number of aromatic nitrogens is 1. The monoisotopic (exact) mass is 409 g/mol. The number of hydrogen-bond donors (Lipinski definition) is 0. The fourth-order valence-corrected chi connectivity index (χ4v) is 5.28. The van der Waals surface area contributed by atoms with Gasteiger partial charge in [0.25, 0.3) is 5.56 Å². The first-order valence-corrected chi connectivity index (χ1v) is 10.3. The molecule has 0 amide bonds. The molecular weight excluding hydrogens is 398 g/mol. The second-order valence-electron chi connectivity index (χ2n) is 6.10. The molecule has 27 heavy (non-hydrogen) atoms. The summed E-state index contributed by atoms with van der Waals surface area (Å²) in [5, 5.41) is 19.1. The molecule has 1 aromatic carbocycles. The molecule has 0 atom stereocenters. The van der Waals surface area contributed by atoms with Crippen molar-refractivity contribution in [2.45, 2.75) is 18.9 Å². The molecule has 132 valence electrons. The third-order valence-corrected chi connectivity index (χ3v) is 6.75. The van der Waals surface area contributed by atoms with Crippen LogP contribution in [-0.4, -0.2) is 4.57 Å². The Balaban J connectivity index is 1.86. The molecule has 0 unspecified atom stereocenters. The van der Waals surface area contributed by atoms with E-state index in [0.717, 1.165) is 28.2 Å². The van der Waals surface area contributed by atoms with Gasteiger partial charge in [-0.05, 0) is 37.1 Å². The number of rotatable bonds is 3. The molecular formula is C20H12ClN3OS2. The van der Waals surface area contributed by atoms with Crippen molar-refractivity contribution >= 4 is 45.9 Å². The fourth-order valence-electron chi connectivity index (χ4n) is 2.82. The van der Waals surface area contributed by atoms with Crippen LogP contribution < -0.4 is 14.8 Å². The Labute approximate surface area is 168 Å². The Bertz CT molecular complexity index is 1280. The zero-order valence-corrected chi connectivity index (χ0v) is 16.4. The van der Waals surface area contributed by atoms with Crippen LogP contribution in [0.15, 0.2) is 41.2 Å². The lowest BCUT2D eigenvalue weighted by Crippen LogP contribution is -2.31. The average Bonchev–Trinajstić information content (AvgIpc) is 3.31. The average molecular weight is 410 g/mol. The molecule has 1 fully saturated rings. The molecule has 1 aliphatic carbocycles. The molecule has 0 N–H and O–H groups in total. The van der Waals surface area contributed by atoms with E-state index in [1.165, 1.54) is 11.3 Å². The van der Waals surface area contributed by atoms with Gasteiger partial charge in [-0.1, -0.05) is 29.8 Å². The van der Waals surface area contributed by atoms with Gasteiger partial charge >= 0.3 is 0 Å². The van der Waals surface area contributed by atoms with Crippen molar-refractivity contribution in [3.63, 3.8) is 0 Å². The quantitative estimate of drug-likeness (QED) is 0.662. The van der Waals surface area contributed by atoms with E-state index in [-0.39, 0.29) is 17.2 Å². The summed E-state index contributed by atoms with van der Waals surface area (Å²) in [6, 6.07) is 15.5. The standard InChI is InChI=1S/C20H12ClN3OS2/c21-16-4-2-1-3-15(16)17-8-7-14(26-17)9-18-19(25)24(13-5-6-13)20(27-18)12(10-22)11-23/h1-4,7-9,13H,5-6H2/b18-9-. The maximum absolute atomic E-state index is 12.8. The minimum Gasteiger partial charge on any atom is -0.294 e. The second kappa shape index (κ2) is 7.17. The van der Waals surface area contributed by atoms with Gasteiger partial charge in [-0.25, -0.2) is 0 Å². The molecule has 0 aliphatic heterocycles. The summed E-state index contributed by atoms with van der Waals surface area (Å²) < 4.78 is 2.61. The highest BCUT2D eigenvalue weighted by Gasteiger charge is 2.27. The fraction of sp³-hybridized carbons (Fsp3) is 0.150. The molecule has 1 saturated carbocycles. The number of thiazole rings is 1. The Hall–Kier alpha value is -2.64. The molecule has 0 bridgehead atoms. The number of nitrogens with zero attached hydrogens (tertiary/aromatic N) is 3. The van der Waals surface area contributed by atoms with Gasteiger partial charge in [-0.15, -0.1) is 22.7 Å². The summed E-state index contributed by atoms with van der Waals surface area (Å²) in [7, 11) is 0. The Kier molecular flexibility index (Phi) is 4.72. The molecule has 0 spiro atoms. The van der Waals surface area contributed by atoms with Crippen molar-refractivity contribution in [3.8, 4) is 22.6 Å². The molecule has 3 aromatic rings. The van der Waals surface area contributed by atoms with E-state index in [9.17, 15) is 15.3 Å². The van der Waals surface area contributed by atoms with Gasteiger partial charge in [-0.3, -0.25) is 9.36 Å². The SMILES string of the molecule is N#CC(C#N)=c1s/c(=C\c2ccc(-c3ccccc3Cl)s2)c(=O)n1C1CC1. The molecule has 0 radical (unpaired) electrons. The number of benzene rings is 1. The number of halogens is 1. The molecule has 4 rings (SSSR count). The van der Waals surface area contributed by atoms with Crippen LogP contribution in [0.1, 0.15) is 23.8 Å². The van der Waals surface area contributed by atoms with Gasteiger partial charge < -0.3 is 0 Å². The smallest absolute Gasteiger partial charge is 0.269 e. The summed E-state index contributed by atoms with van der Waals surface area (Å²) in [6.07, 6.45) is 3.64. The van der Waals surface area contributed by atoms with Crippen LogP contribution in [0, 0.1) is 22.7 Å². The first-order valence-electron chi connectivity index (χ1n) is 8.24. The van der Waals surface area contributed by atoms with Crippen LogP contribution in [-0.2, 0) is 0 Å². The number of hydrogen-bond acceptors (Lipinski definition) is 5. The lowest BCUT2D eigenvalue weighted by Gasteiger charge is -1.99. The van der Waals surface area contributed by atoms with Gasteiger partial charge in [0.2, 0.25) is 0 Å². The second-order valence-corrected chi connectivity index (χ2v) is 8.66. The van der Waals surface area contributed by atoms with Crippen molar-refractivity contribution in [2.75, 3.05) is 0 Å². The maximum atomic E-state index is 12.8. The van der Waals surface area contributed by atoms with Crippen LogP contribution >= 0.6 is 34.3 Å². The van der Waals surface area contributed by atoms with Crippen molar-refractivity contribution in [3.05, 3.63) is 65.8 Å². The van der Waals surface area contributed by atoms with Crippen LogP contribution in [0.2, 0.25) is 5.02 Å². The molecule has 7 heteroatoms. The molecule has 1 aliphatic rings. The van der Waals surface area contributed by atoms with E-state index in [4.69, 9.17) is 11.6 Å². The van der Waals surface area contributed by atoms with E-state index in [0.29, 0.717) is 14.2 Å². The Morgan fingerprint density at radius 1 is 1.15 bits per heavy atom. The van der Waals surface area contributed by atoms with E-state index in [2.05, 4.69) is 0 Å². The predicted octanol–water partition coefficient (Wildman–Crippen LogP) is 3.65. The minimum absolute atomic E-state index is 0.00779. The first-order chi connectivity index (χ1) is 13.1. The lowest BCUT2D eigenvalue weighted by atomic mass is 10.2. The third kappa shape index (κ3) is 3.36. The van der Waals surface area contributed by atoms with Crippen molar-refractivity contribution in [1.29, 1.82) is 10.5 Å². The zero-order valence-electron chi connectivity index (χ0n) is 14.0.